The SMILES string of the molecule is CCCCCCCCCCCCCC(=O)O[C@H](CCCCCCCCCCC)CC(=O)O[C@H]1[C@H](O)[C@@H](CO)O[C@H](CC(=O)OCc2ccccc2)[C@@H]1NC(=O)C[C@@H](CCCCCCCCCCC)OCc1ccccc1. The summed E-state index contributed by atoms with van der Waals surface area (Å²) in [4.78, 5) is 55.4. The summed E-state index contributed by atoms with van der Waals surface area (Å²) in [6, 6.07) is 17.8. The molecule has 3 N–H and O–H groups in total. The second kappa shape index (κ2) is 44.1. The number of rotatable bonds is 47. The highest BCUT2D eigenvalue weighted by molar-refractivity contribution is 5.78. The summed E-state index contributed by atoms with van der Waals surface area (Å²) in [6.45, 7) is 6.36. The summed E-state index contributed by atoms with van der Waals surface area (Å²) >= 11 is 0. The van der Waals surface area contributed by atoms with Crippen LogP contribution < -0.4 is 5.32 Å². The zero-order valence-electron chi connectivity index (χ0n) is 47.8. The minimum Gasteiger partial charge on any atom is -0.462 e. The van der Waals surface area contributed by atoms with E-state index < -0.39 is 67.1 Å². The van der Waals surface area contributed by atoms with E-state index in [1.807, 2.05) is 60.7 Å². The molecule has 1 heterocycles. The quantitative estimate of drug-likeness (QED) is 0.0328. The first-order chi connectivity index (χ1) is 37.2. The van der Waals surface area contributed by atoms with E-state index in [1.165, 1.54) is 116 Å². The molecule has 1 amide bonds. The number of nitrogens with one attached hydrogen (secondary N) is 1. The Kier molecular flexibility index (Phi) is 38.5. The van der Waals surface area contributed by atoms with Gasteiger partial charge in [0.2, 0.25) is 5.91 Å². The molecule has 7 atom stereocenters. The van der Waals surface area contributed by atoms with E-state index >= 15 is 0 Å². The van der Waals surface area contributed by atoms with Crippen molar-refractivity contribution in [2.45, 2.75) is 301 Å². The summed E-state index contributed by atoms with van der Waals surface area (Å²) in [5.74, 6) is -2.14. The molecule has 1 saturated heterocycles. The molecule has 432 valence electrons. The summed E-state index contributed by atoms with van der Waals surface area (Å²) in [7, 11) is 0. The number of unbranched alkanes of at least 4 members (excludes halogenated alkanes) is 26. The van der Waals surface area contributed by atoms with Gasteiger partial charge in [-0.3, -0.25) is 19.2 Å². The lowest BCUT2D eigenvalue weighted by molar-refractivity contribution is -0.214. The fourth-order valence-electron chi connectivity index (χ4n) is 10.2. The van der Waals surface area contributed by atoms with Gasteiger partial charge in [-0.15, -0.1) is 0 Å². The van der Waals surface area contributed by atoms with E-state index in [9.17, 15) is 29.4 Å². The van der Waals surface area contributed by atoms with Crippen LogP contribution in [0, 0.1) is 0 Å². The van der Waals surface area contributed by atoms with Gasteiger partial charge in [0, 0.05) is 6.42 Å². The Morgan fingerprint density at radius 2 is 0.974 bits per heavy atom. The maximum absolute atomic E-state index is 14.3. The van der Waals surface area contributed by atoms with E-state index in [2.05, 4.69) is 26.1 Å². The van der Waals surface area contributed by atoms with Crippen molar-refractivity contribution in [1.82, 2.24) is 5.32 Å². The number of carbonyl (C=O) groups is 4. The summed E-state index contributed by atoms with van der Waals surface area (Å²) < 4.78 is 30.4. The first-order valence-corrected chi connectivity index (χ1v) is 30.6. The third-order valence-electron chi connectivity index (χ3n) is 14.9. The van der Waals surface area contributed by atoms with Gasteiger partial charge >= 0.3 is 17.9 Å². The Morgan fingerprint density at radius 3 is 1.46 bits per heavy atom. The van der Waals surface area contributed by atoms with Gasteiger partial charge in [-0.2, -0.15) is 0 Å². The van der Waals surface area contributed by atoms with Crippen molar-refractivity contribution in [2.24, 2.45) is 0 Å². The van der Waals surface area contributed by atoms with Crippen LogP contribution in [0.5, 0.6) is 0 Å². The normalized spacial score (nSPS) is 18.2. The van der Waals surface area contributed by atoms with Crippen molar-refractivity contribution in [1.29, 1.82) is 0 Å². The Bertz CT molecular complexity index is 1750. The molecule has 0 aromatic heterocycles. The number of ether oxygens (including phenoxy) is 5. The lowest BCUT2D eigenvalue weighted by Crippen LogP contribution is -2.65. The molecule has 0 spiro atoms. The van der Waals surface area contributed by atoms with E-state index in [0.717, 1.165) is 81.8 Å². The van der Waals surface area contributed by atoms with E-state index in [0.29, 0.717) is 19.4 Å². The van der Waals surface area contributed by atoms with Crippen molar-refractivity contribution in [3.05, 3.63) is 71.8 Å². The largest absolute Gasteiger partial charge is 0.462 e. The number of aliphatic hydroxyl groups is 2. The van der Waals surface area contributed by atoms with Gasteiger partial charge in [-0.25, -0.2) is 0 Å². The van der Waals surface area contributed by atoms with Crippen LogP contribution in [-0.4, -0.2) is 83.3 Å². The van der Waals surface area contributed by atoms with Gasteiger partial charge in [-0.05, 0) is 36.8 Å². The molecule has 76 heavy (non-hydrogen) atoms. The summed E-state index contributed by atoms with van der Waals surface area (Å²) in [6.07, 6.45) is 27.5. The van der Waals surface area contributed by atoms with Crippen LogP contribution in [0.2, 0.25) is 0 Å². The average Bonchev–Trinajstić information content (AvgIpc) is 3.43. The lowest BCUT2D eigenvalue weighted by Gasteiger charge is -2.44. The molecule has 12 nitrogen and oxygen atoms in total. The van der Waals surface area contributed by atoms with Crippen LogP contribution >= 0.6 is 0 Å². The van der Waals surface area contributed by atoms with Crippen molar-refractivity contribution in [3.63, 3.8) is 0 Å². The number of amides is 1. The molecule has 3 rings (SSSR count). The number of hydrogen-bond donors (Lipinski definition) is 3. The highest BCUT2D eigenvalue weighted by Crippen LogP contribution is 2.28. The third kappa shape index (κ3) is 31.5. The predicted octanol–water partition coefficient (Wildman–Crippen LogP) is 14.5. The maximum Gasteiger partial charge on any atom is 0.310 e. The molecule has 1 fully saturated rings. The topological polar surface area (TPSA) is 167 Å². The van der Waals surface area contributed by atoms with Crippen LogP contribution in [0.3, 0.4) is 0 Å². The maximum atomic E-state index is 14.3. The molecule has 0 unspecified atom stereocenters. The number of benzene rings is 2. The molecule has 2 aromatic carbocycles. The fourth-order valence-corrected chi connectivity index (χ4v) is 10.2. The second-order valence-electron chi connectivity index (χ2n) is 21.7. The van der Waals surface area contributed by atoms with E-state index in [1.54, 1.807) is 0 Å². The Hall–Kier alpha value is -3.84. The average molecular weight is 1060 g/mol. The summed E-state index contributed by atoms with van der Waals surface area (Å²) in [5, 5.41) is 25.2. The first-order valence-electron chi connectivity index (χ1n) is 30.6. The number of hydrogen-bond acceptors (Lipinski definition) is 11. The van der Waals surface area contributed by atoms with Crippen LogP contribution in [0.4, 0.5) is 0 Å². The van der Waals surface area contributed by atoms with Gasteiger partial charge in [0.15, 0.2) is 6.10 Å². The van der Waals surface area contributed by atoms with Gasteiger partial charge in [0.05, 0.1) is 50.7 Å². The van der Waals surface area contributed by atoms with Crippen molar-refractivity contribution < 1.29 is 53.1 Å². The fraction of sp³-hybridized carbons (Fsp3) is 0.750. The Morgan fingerprint density at radius 1 is 0.526 bits per heavy atom. The molecule has 12 heteroatoms. The van der Waals surface area contributed by atoms with E-state index in [4.69, 9.17) is 23.7 Å². The van der Waals surface area contributed by atoms with Crippen LogP contribution in [0.15, 0.2) is 60.7 Å². The van der Waals surface area contributed by atoms with Crippen LogP contribution in [0.25, 0.3) is 0 Å². The smallest absolute Gasteiger partial charge is 0.310 e. The van der Waals surface area contributed by atoms with Crippen molar-refractivity contribution in [3.8, 4) is 0 Å². The third-order valence-corrected chi connectivity index (χ3v) is 14.9. The Balaban J connectivity index is 1.76. The van der Waals surface area contributed by atoms with Crippen LogP contribution in [-0.2, 0) is 56.1 Å². The first kappa shape index (κ1) is 66.4. The molecule has 2 aromatic rings. The van der Waals surface area contributed by atoms with Gasteiger partial charge < -0.3 is 39.2 Å². The number of aliphatic hydroxyl groups excluding tert-OH is 2. The number of carbonyl (C=O) groups excluding carboxylic acids is 4. The minimum atomic E-state index is -1.57. The second-order valence-corrected chi connectivity index (χ2v) is 21.7. The molecule has 0 aliphatic carbocycles. The highest BCUT2D eigenvalue weighted by Gasteiger charge is 2.49. The monoisotopic (exact) mass is 1060 g/mol. The molecular weight excluding hydrogens is 959 g/mol. The molecule has 0 bridgehead atoms. The molecule has 1 aliphatic heterocycles. The van der Waals surface area contributed by atoms with Crippen LogP contribution in [0.1, 0.15) is 257 Å². The van der Waals surface area contributed by atoms with Crippen molar-refractivity contribution in [2.75, 3.05) is 6.61 Å². The number of esters is 3. The lowest BCUT2D eigenvalue weighted by atomic mass is 9.90. The Labute approximate surface area is 460 Å². The standard InChI is InChI=1S/C64H105NO11/c1-4-7-10-13-16-19-20-23-26-29-38-45-59(68)74-55(44-37-28-25-22-18-15-12-9-6-3)47-61(70)76-64-62(56(75-57(49-66)63(64)71)48-60(69)73-51-53-41-34-31-35-42-53)65-58(67)46-54(72-50-52-39-32-30-33-40-52)43-36-27-24-21-17-14-11-8-5-2/h30-35,39-42,54-57,62-64,66,71H,4-29,36-38,43-51H2,1-3H3,(H,65,67)/t54-,55-,56-,57-,62+,63-,64-/m1/s1. The zero-order chi connectivity index (χ0) is 54.7. The molecular formula is C64H105NO11. The highest BCUT2D eigenvalue weighted by atomic mass is 16.6. The van der Waals surface area contributed by atoms with E-state index in [-0.39, 0.29) is 38.3 Å². The summed E-state index contributed by atoms with van der Waals surface area (Å²) in [5.41, 5.74) is 1.77. The predicted molar refractivity (Wildman–Crippen MR) is 303 cm³/mol. The minimum absolute atomic E-state index is 0.00546. The van der Waals surface area contributed by atoms with Gasteiger partial charge in [0.25, 0.3) is 0 Å². The molecule has 0 saturated carbocycles. The molecule has 1 aliphatic rings. The zero-order valence-corrected chi connectivity index (χ0v) is 47.8. The molecule has 0 radical (unpaired) electrons. The van der Waals surface area contributed by atoms with Crippen molar-refractivity contribution >= 4 is 23.8 Å². The van der Waals surface area contributed by atoms with Gasteiger partial charge in [-0.1, -0.05) is 255 Å². The van der Waals surface area contributed by atoms with Gasteiger partial charge in [0.1, 0.15) is 24.9 Å².